The lowest BCUT2D eigenvalue weighted by molar-refractivity contribution is -0.131. The number of methoxy groups -OCH3 is 2. The molecule has 0 saturated carbocycles. The number of hydrogen-bond donors (Lipinski definition) is 10. The van der Waals surface area contributed by atoms with Crippen molar-refractivity contribution < 1.29 is 58.0 Å². The summed E-state index contributed by atoms with van der Waals surface area (Å²) in [6, 6.07) is 10.3. The number of nitrogens with one attached hydrogen (secondary N) is 8. The number of benzene rings is 2. The molecular weight excluding hydrogens is 881 g/mol. The number of aliphatic hydroxyl groups excluding tert-OH is 2. The van der Waals surface area contributed by atoms with Crippen LogP contribution in [-0.4, -0.2) is 132 Å². The zero-order valence-electron chi connectivity index (χ0n) is 39.3. The Hall–Kier alpha value is -6.80. The molecule has 0 bridgehead atoms. The van der Waals surface area contributed by atoms with Crippen molar-refractivity contribution in [1.29, 1.82) is 0 Å². The zero-order valence-corrected chi connectivity index (χ0v) is 39.3. The lowest BCUT2D eigenvalue weighted by Gasteiger charge is -2.24. The molecule has 20 heteroatoms. The summed E-state index contributed by atoms with van der Waals surface area (Å²) in [5.41, 5.74) is 1.98. The Balaban J connectivity index is 0.000000254. The van der Waals surface area contributed by atoms with Gasteiger partial charge in [0.15, 0.2) is 11.6 Å². The van der Waals surface area contributed by atoms with Crippen molar-refractivity contribution in [3.8, 4) is 11.5 Å². The van der Waals surface area contributed by atoms with Crippen LogP contribution in [0.4, 0.5) is 0 Å². The molecule has 20 nitrogen and oxygen atoms in total. The molecule has 68 heavy (non-hydrogen) atoms. The summed E-state index contributed by atoms with van der Waals surface area (Å²) in [5, 5.41) is 36.4. The van der Waals surface area contributed by atoms with E-state index < -0.39 is 84.4 Å². The number of fused-ring (bicyclic) bond motifs is 2. The topological polar surface area (TPSA) is 299 Å². The summed E-state index contributed by atoms with van der Waals surface area (Å²) in [6.07, 6.45) is 1.98. The van der Waals surface area contributed by atoms with Crippen molar-refractivity contribution in [3.63, 3.8) is 0 Å². The molecule has 6 atom stereocenters. The van der Waals surface area contributed by atoms with E-state index in [1.54, 1.807) is 50.6 Å². The van der Waals surface area contributed by atoms with Crippen molar-refractivity contribution in [2.45, 2.75) is 90.4 Å². The van der Waals surface area contributed by atoms with Gasteiger partial charge in [0.25, 0.3) is 11.8 Å². The molecule has 6 rings (SSSR count). The van der Waals surface area contributed by atoms with Gasteiger partial charge in [-0.05, 0) is 86.8 Å². The van der Waals surface area contributed by atoms with Crippen molar-refractivity contribution >= 4 is 68.8 Å². The van der Waals surface area contributed by atoms with Gasteiger partial charge >= 0.3 is 0 Å². The second-order valence-electron chi connectivity index (χ2n) is 17.9. The minimum absolute atomic E-state index is 0.0754. The van der Waals surface area contributed by atoms with E-state index in [-0.39, 0.29) is 47.9 Å². The highest BCUT2D eigenvalue weighted by molar-refractivity contribution is 6.03. The van der Waals surface area contributed by atoms with E-state index >= 15 is 0 Å². The number of aliphatic hydroxyl groups is 2. The summed E-state index contributed by atoms with van der Waals surface area (Å²) in [7, 11) is 3.09. The highest BCUT2D eigenvalue weighted by atomic mass is 16.5. The number of Topliss-reactive ketones (excluding diaryl/α,β-unsaturated/α-hetero) is 2. The van der Waals surface area contributed by atoms with Crippen molar-refractivity contribution in [2.24, 2.45) is 23.7 Å². The van der Waals surface area contributed by atoms with Crippen molar-refractivity contribution in [2.75, 3.05) is 40.5 Å². The predicted molar refractivity (Wildman–Crippen MR) is 251 cm³/mol. The number of ketones is 2. The van der Waals surface area contributed by atoms with Gasteiger partial charge in [0.1, 0.15) is 48.2 Å². The maximum Gasteiger partial charge on any atom is 0.268 e. The SMILES string of the molecule is COc1cccc2[nH]c(C(=O)N[C@@H](CC(C)C)C(=O)N[C@@H](C[C@@H]3CCNC3=O)C(=O)CO)cc12.COc1cccc2[nH]c(C(=O)N[C@H](CC(C)C)C(=O)N[C@@H](C[C@@H]3CCNC3=O)C(=O)CO)cc12. The lowest BCUT2D eigenvalue weighted by atomic mass is 9.95. The van der Waals surface area contributed by atoms with E-state index in [0.717, 1.165) is 21.8 Å². The maximum atomic E-state index is 13.1. The number of rotatable bonds is 22. The molecule has 6 amide bonds. The van der Waals surface area contributed by atoms with E-state index in [4.69, 9.17) is 9.47 Å². The van der Waals surface area contributed by atoms with Crippen LogP contribution in [0.3, 0.4) is 0 Å². The fraction of sp³-hybridized carbons (Fsp3) is 0.500. The standard InChI is InChI=1S/2C24H32N4O6/c2*1-13(2)9-18(23(32)27-17(20(30)12-29)10-14-7-8-25-22(14)31)28-24(33)19-11-15-16(26-19)5-4-6-21(15)34-3/h2*4-6,11,13-14,17-18,26,29H,7-10,12H2,1-3H3,(H,25,31)(H,27,32)(H,28,33)/t14-,17-,18+;14-,17-,18-/m00/s1. The van der Waals surface area contributed by atoms with Gasteiger partial charge in [0, 0.05) is 46.7 Å². The Morgan fingerprint density at radius 3 is 1.29 bits per heavy atom. The fourth-order valence-corrected chi connectivity index (χ4v) is 8.35. The first kappa shape index (κ1) is 52.2. The number of amides is 6. The van der Waals surface area contributed by atoms with Gasteiger partial charge < -0.3 is 61.6 Å². The minimum Gasteiger partial charge on any atom is -0.496 e. The number of carbonyl (C=O) groups is 8. The normalized spacial score (nSPS) is 17.3. The maximum absolute atomic E-state index is 13.1. The number of aromatic amines is 2. The number of carbonyl (C=O) groups excluding carboxylic acids is 8. The number of H-pyrrole nitrogens is 2. The zero-order chi connectivity index (χ0) is 49.7. The van der Waals surface area contributed by atoms with Gasteiger partial charge in [-0.15, -0.1) is 0 Å². The van der Waals surface area contributed by atoms with Crippen LogP contribution in [0, 0.1) is 23.7 Å². The summed E-state index contributed by atoms with van der Waals surface area (Å²) in [6.45, 7) is 7.18. The third-order valence-corrected chi connectivity index (χ3v) is 11.9. The molecule has 2 fully saturated rings. The van der Waals surface area contributed by atoms with Crippen LogP contribution in [0.2, 0.25) is 0 Å². The van der Waals surface area contributed by atoms with Crippen LogP contribution >= 0.6 is 0 Å². The smallest absolute Gasteiger partial charge is 0.268 e. The quantitative estimate of drug-likeness (QED) is 0.0540. The largest absolute Gasteiger partial charge is 0.496 e. The summed E-state index contributed by atoms with van der Waals surface area (Å²) < 4.78 is 10.7. The monoisotopic (exact) mass is 944 g/mol. The van der Waals surface area contributed by atoms with E-state index in [9.17, 15) is 48.6 Å². The molecule has 0 spiro atoms. The second-order valence-corrected chi connectivity index (χ2v) is 17.9. The lowest BCUT2D eigenvalue weighted by Crippen LogP contribution is -2.53. The predicted octanol–water partition coefficient (Wildman–Crippen LogP) is 1.79. The fourth-order valence-electron chi connectivity index (χ4n) is 8.35. The molecule has 2 aliphatic heterocycles. The molecule has 2 aliphatic rings. The third-order valence-electron chi connectivity index (χ3n) is 11.9. The van der Waals surface area contributed by atoms with Crippen LogP contribution in [-0.2, 0) is 28.8 Å². The number of ether oxygens (including phenoxy) is 2. The first-order chi connectivity index (χ1) is 32.5. The Morgan fingerprint density at radius 1 is 0.603 bits per heavy atom. The van der Waals surface area contributed by atoms with Crippen LogP contribution in [0.15, 0.2) is 48.5 Å². The number of aromatic nitrogens is 2. The first-order valence-electron chi connectivity index (χ1n) is 22.8. The highest BCUT2D eigenvalue weighted by Gasteiger charge is 2.35. The third kappa shape index (κ3) is 13.7. The molecule has 4 aromatic rings. The molecule has 2 saturated heterocycles. The van der Waals surface area contributed by atoms with Crippen LogP contribution in [0.25, 0.3) is 21.8 Å². The van der Waals surface area contributed by atoms with Crippen molar-refractivity contribution in [1.82, 2.24) is 41.9 Å². The van der Waals surface area contributed by atoms with Gasteiger partial charge in [-0.3, -0.25) is 38.4 Å². The van der Waals surface area contributed by atoms with E-state index in [2.05, 4.69) is 41.9 Å². The minimum atomic E-state index is -1.02. The van der Waals surface area contributed by atoms with Gasteiger partial charge in [0.05, 0.1) is 26.3 Å². The molecule has 0 radical (unpaired) electrons. The van der Waals surface area contributed by atoms with Crippen molar-refractivity contribution in [3.05, 3.63) is 59.9 Å². The first-order valence-corrected chi connectivity index (χ1v) is 22.8. The summed E-state index contributed by atoms with van der Waals surface area (Å²) in [4.78, 5) is 107. The van der Waals surface area contributed by atoms with Crippen LogP contribution in [0.5, 0.6) is 11.5 Å². The molecule has 368 valence electrons. The average Bonchev–Trinajstić information content (AvgIpc) is 4.14. The molecule has 2 aromatic carbocycles. The van der Waals surface area contributed by atoms with Gasteiger partial charge in [-0.1, -0.05) is 39.8 Å². The Labute approximate surface area is 393 Å². The second kappa shape index (κ2) is 24.3. The molecule has 0 unspecified atom stereocenters. The summed E-state index contributed by atoms with van der Waals surface area (Å²) in [5.74, 6) is -2.98. The van der Waals surface area contributed by atoms with Gasteiger partial charge in [-0.25, -0.2) is 0 Å². The average molecular weight is 945 g/mol. The Bertz CT molecular complexity index is 2290. The summed E-state index contributed by atoms with van der Waals surface area (Å²) >= 11 is 0. The van der Waals surface area contributed by atoms with Gasteiger partial charge in [0.2, 0.25) is 23.6 Å². The Morgan fingerprint density at radius 2 is 0.985 bits per heavy atom. The van der Waals surface area contributed by atoms with Gasteiger partial charge in [-0.2, -0.15) is 0 Å². The Kier molecular flexibility index (Phi) is 18.6. The van der Waals surface area contributed by atoms with Crippen LogP contribution < -0.4 is 41.4 Å². The molecule has 2 aromatic heterocycles. The van der Waals surface area contributed by atoms with E-state index in [0.29, 0.717) is 50.3 Å². The van der Waals surface area contributed by atoms with E-state index in [1.165, 1.54) is 0 Å². The highest BCUT2D eigenvalue weighted by Crippen LogP contribution is 2.28. The van der Waals surface area contributed by atoms with Crippen LogP contribution in [0.1, 0.15) is 87.2 Å². The molecule has 4 heterocycles. The molecule has 10 N–H and O–H groups in total. The molecular formula is C48H64N8O12. The number of hydrogen-bond acceptors (Lipinski definition) is 12. The van der Waals surface area contributed by atoms with E-state index in [1.807, 2.05) is 39.8 Å². The molecule has 0 aliphatic carbocycles.